The van der Waals surface area contributed by atoms with E-state index in [1.165, 1.54) is 0 Å². The number of hydrogen-bond acceptors (Lipinski definition) is 5. The van der Waals surface area contributed by atoms with Gasteiger partial charge in [-0.05, 0) is 43.0 Å². The minimum atomic E-state index is -3.43. The fourth-order valence-electron chi connectivity index (χ4n) is 4.16. The van der Waals surface area contributed by atoms with Gasteiger partial charge in [-0.2, -0.15) is 0 Å². The van der Waals surface area contributed by atoms with E-state index in [0.29, 0.717) is 24.5 Å². The van der Waals surface area contributed by atoms with Gasteiger partial charge in [0.2, 0.25) is 15.9 Å². The summed E-state index contributed by atoms with van der Waals surface area (Å²) < 4.78 is 26.0. The molecule has 4 rings (SSSR count). The van der Waals surface area contributed by atoms with E-state index < -0.39 is 10.0 Å². The molecule has 2 fully saturated rings. The molecule has 1 saturated carbocycles. The number of anilines is 2. The first kappa shape index (κ1) is 21.8. The largest absolute Gasteiger partial charge is 0.392 e. The normalized spacial score (nSPS) is 20.4. The molecule has 2 aromatic rings. The maximum Gasteiger partial charge on any atom is 0.230 e. The Balaban J connectivity index is 1.73. The summed E-state index contributed by atoms with van der Waals surface area (Å²) in [6.45, 7) is 1.97. The van der Waals surface area contributed by atoms with E-state index in [2.05, 4.69) is 9.62 Å². The summed E-state index contributed by atoms with van der Waals surface area (Å²) in [4.78, 5) is 17.5. The van der Waals surface area contributed by atoms with Gasteiger partial charge in [0.15, 0.2) is 0 Å². The molecule has 1 aliphatic carbocycles. The zero-order chi connectivity index (χ0) is 22.0. The van der Waals surface area contributed by atoms with E-state index in [1.807, 2.05) is 41.3 Å². The summed E-state index contributed by atoms with van der Waals surface area (Å²) in [6.07, 6.45) is 3.25. The van der Waals surface area contributed by atoms with Gasteiger partial charge in [0.25, 0.3) is 0 Å². The van der Waals surface area contributed by atoms with Gasteiger partial charge in [-0.1, -0.05) is 36.4 Å². The van der Waals surface area contributed by atoms with Crippen molar-refractivity contribution in [2.24, 2.45) is 5.92 Å². The fraction of sp³-hybridized carbons (Fsp3) is 0.435. The number of sulfonamides is 1. The van der Waals surface area contributed by atoms with E-state index in [0.717, 1.165) is 37.6 Å². The molecule has 8 heteroatoms. The number of nitrogens with one attached hydrogen (secondary N) is 1. The highest BCUT2D eigenvalue weighted by atomic mass is 32.2. The van der Waals surface area contributed by atoms with Crippen LogP contribution in [-0.2, 0) is 14.8 Å². The van der Waals surface area contributed by atoms with Crippen molar-refractivity contribution in [1.29, 1.82) is 0 Å². The van der Waals surface area contributed by atoms with Crippen molar-refractivity contribution in [3.8, 4) is 0 Å². The molecule has 1 aliphatic heterocycles. The third-order valence-corrected chi connectivity index (χ3v) is 6.37. The molecule has 0 spiro atoms. The van der Waals surface area contributed by atoms with Crippen LogP contribution >= 0.6 is 0 Å². The topological polar surface area (TPSA) is 90.0 Å². The SMILES string of the molecule is CS(=O)(=O)Nc1cccc(N(C(=O)C2CC2)[C@H](CN2CC[C@@H](O)C2)c2ccccc2)c1. The fourth-order valence-corrected chi connectivity index (χ4v) is 4.71. The molecule has 7 nitrogen and oxygen atoms in total. The number of β-amino-alcohol motifs (C(OH)–C–C–N with tert-alkyl or cyclic N) is 1. The van der Waals surface area contributed by atoms with Gasteiger partial charge >= 0.3 is 0 Å². The number of likely N-dealkylation sites (tertiary alicyclic amines) is 1. The number of benzene rings is 2. The van der Waals surface area contributed by atoms with Gasteiger partial charge in [0.05, 0.1) is 24.1 Å². The lowest BCUT2D eigenvalue weighted by Gasteiger charge is -2.35. The van der Waals surface area contributed by atoms with Crippen LogP contribution < -0.4 is 9.62 Å². The van der Waals surface area contributed by atoms with E-state index in [4.69, 9.17) is 0 Å². The van der Waals surface area contributed by atoms with Crippen LogP contribution in [0.2, 0.25) is 0 Å². The van der Waals surface area contributed by atoms with E-state index >= 15 is 0 Å². The molecule has 0 bridgehead atoms. The van der Waals surface area contributed by atoms with Crippen molar-refractivity contribution in [1.82, 2.24) is 4.90 Å². The van der Waals surface area contributed by atoms with Crippen molar-refractivity contribution in [2.75, 3.05) is 35.5 Å². The summed E-state index contributed by atoms with van der Waals surface area (Å²) in [6, 6.07) is 16.7. The number of rotatable bonds is 8. The van der Waals surface area contributed by atoms with Crippen LogP contribution in [0.15, 0.2) is 54.6 Å². The zero-order valence-electron chi connectivity index (χ0n) is 17.6. The minimum absolute atomic E-state index is 0.00176. The van der Waals surface area contributed by atoms with Gasteiger partial charge in [-0.15, -0.1) is 0 Å². The Bertz CT molecular complexity index is 1020. The third-order valence-electron chi connectivity index (χ3n) is 5.77. The van der Waals surface area contributed by atoms with Crippen molar-refractivity contribution < 1.29 is 18.3 Å². The number of carbonyl (C=O) groups is 1. The zero-order valence-corrected chi connectivity index (χ0v) is 18.5. The van der Waals surface area contributed by atoms with Gasteiger partial charge in [0, 0.05) is 31.2 Å². The second-order valence-corrected chi connectivity index (χ2v) is 10.3. The maximum absolute atomic E-state index is 13.5. The summed E-state index contributed by atoms with van der Waals surface area (Å²) in [7, 11) is -3.43. The summed E-state index contributed by atoms with van der Waals surface area (Å²) in [5, 5.41) is 10.0. The first-order chi connectivity index (χ1) is 14.8. The monoisotopic (exact) mass is 443 g/mol. The second-order valence-electron chi connectivity index (χ2n) is 8.54. The molecule has 0 radical (unpaired) electrons. The maximum atomic E-state index is 13.5. The molecule has 0 unspecified atom stereocenters. The highest BCUT2D eigenvalue weighted by Gasteiger charge is 2.39. The summed E-state index contributed by atoms with van der Waals surface area (Å²) >= 11 is 0. The average molecular weight is 444 g/mol. The predicted molar refractivity (Wildman–Crippen MR) is 121 cm³/mol. The number of amides is 1. The molecule has 2 aromatic carbocycles. The van der Waals surface area contributed by atoms with E-state index in [-0.39, 0.29) is 24.0 Å². The Hall–Kier alpha value is -2.42. The predicted octanol–water partition coefficient (Wildman–Crippen LogP) is 2.61. The lowest BCUT2D eigenvalue weighted by atomic mass is 10.0. The summed E-state index contributed by atoms with van der Waals surface area (Å²) in [5.41, 5.74) is 2.11. The van der Waals surface area contributed by atoms with Crippen LogP contribution in [0.5, 0.6) is 0 Å². The molecule has 31 heavy (non-hydrogen) atoms. The molecule has 1 amide bonds. The van der Waals surface area contributed by atoms with Gasteiger partial charge in [0.1, 0.15) is 0 Å². The third kappa shape index (κ3) is 5.64. The molecule has 166 valence electrons. The molecular formula is C23H29N3O4S. The number of hydrogen-bond donors (Lipinski definition) is 2. The van der Waals surface area contributed by atoms with Crippen molar-refractivity contribution in [2.45, 2.75) is 31.4 Å². The van der Waals surface area contributed by atoms with Crippen LogP contribution in [0.1, 0.15) is 30.9 Å². The van der Waals surface area contributed by atoms with Crippen molar-refractivity contribution in [3.63, 3.8) is 0 Å². The molecule has 2 atom stereocenters. The Kier molecular flexibility index (Phi) is 6.31. The number of aliphatic hydroxyl groups is 1. The highest BCUT2D eigenvalue weighted by molar-refractivity contribution is 7.92. The Morgan fingerprint density at radius 2 is 1.90 bits per heavy atom. The minimum Gasteiger partial charge on any atom is -0.392 e. The van der Waals surface area contributed by atoms with Crippen LogP contribution in [0.25, 0.3) is 0 Å². The molecule has 1 heterocycles. The molecule has 2 N–H and O–H groups in total. The average Bonchev–Trinajstić information content (AvgIpc) is 3.49. The van der Waals surface area contributed by atoms with Crippen LogP contribution in [0.4, 0.5) is 11.4 Å². The number of carbonyl (C=O) groups excluding carboxylic acids is 1. The van der Waals surface area contributed by atoms with Crippen LogP contribution in [-0.4, -0.2) is 56.3 Å². The van der Waals surface area contributed by atoms with Gasteiger partial charge < -0.3 is 10.0 Å². The van der Waals surface area contributed by atoms with Crippen molar-refractivity contribution in [3.05, 3.63) is 60.2 Å². The summed E-state index contributed by atoms with van der Waals surface area (Å²) in [5.74, 6) is 0.0620. The number of aliphatic hydroxyl groups excluding tert-OH is 1. The number of nitrogens with zero attached hydrogens (tertiary/aromatic N) is 2. The molecular weight excluding hydrogens is 414 g/mol. The van der Waals surface area contributed by atoms with E-state index in [9.17, 15) is 18.3 Å². The molecule has 2 aliphatic rings. The lowest BCUT2D eigenvalue weighted by molar-refractivity contribution is -0.120. The first-order valence-corrected chi connectivity index (χ1v) is 12.6. The van der Waals surface area contributed by atoms with Crippen molar-refractivity contribution >= 4 is 27.3 Å². The highest BCUT2D eigenvalue weighted by Crippen LogP contribution is 2.38. The lowest BCUT2D eigenvalue weighted by Crippen LogP contribution is -2.42. The standard InChI is InChI=1S/C23H29N3O4S/c1-31(29,30)24-19-8-5-9-20(14-19)26(23(28)18-10-11-18)22(17-6-3-2-4-7-17)16-25-13-12-21(27)15-25/h2-9,14,18,21-22,24,27H,10-13,15-16H2,1H3/t21-,22-/m1/s1. The Labute approximate surface area is 183 Å². The van der Waals surface area contributed by atoms with Gasteiger partial charge in [-0.25, -0.2) is 8.42 Å². The van der Waals surface area contributed by atoms with Gasteiger partial charge in [-0.3, -0.25) is 14.4 Å². The molecule has 1 saturated heterocycles. The first-order valence-electron chi connectivity index (χ1n) is 10.7. The van der Waals surface area contributed by atoms with E-state index in [1.54, 1.807) is 18.2 Å². The Morgan fingerprint density at radius 3 is 2.52 bits per heavy atom. The smallest absolute Gasteiger partial charge is 0.230 e. The van der Waals surface area contributed by atoms with Crippen LogP contribution in [0, 0.1) is 5.92 Å². The molecule has 0 aromatic heterocycles. The Morgan fingerprint density at radius 1 is 1.16 bits per heavy atom. The quantitative estimate of drug-likeness (QED) is 0.655. The van der Waals surface area contributed by atoms with Crippen LogP contribution in [0.3, 0.4) is 0 Å². The second kappa shape index (κ2) is 8.98.